The van der Waals surface area contributed by atoms with Gasteiger partial charge in [-0.3, -0.25) is 0 Å². The van der Waals surface area contributed by atoms with Crippen LogP contribution < -0.4 is 10.6 Å². The van der Waals surface area contributed by atoms with Crippen LogP contribution in [0, 0.1) is 5.92 Å². The average Bonchev–Trinajstić information content (AvgIpc) is 2.59. The van der Waals surface area contributed by atoms with Crippen molar-refractivity contribution in [2.24, 2.45) is 5.92 Å². The molecule has 1 fully saturated rings. The van der Waals surface area contributed by atoms with Crippen molar-refractivity contribution in [1.82, 2.24) is 14.9 Å². The van der Waals surface area contributed by atoms with Crippen LogP contribution in [0.5, 0.6) is 0 Å². The van der Waals surface area contributed by atoms with E-state index in [1.165, 1.54) is 0 Å². The molecule has 2 rings (SSSR count). The van der Waals surface area contributed by atoms with E-state index in [2.05, 4.69) is 40.8 Å². The molecule has 0 aromatic carbocycles. The standard InChI is InChI=1S/C11H18ClN5/c1-7-5-17(6-8(7)16(2)3)10-4-9(12)14-11(13)15-10/h4,7-8H,5-6H2,1-3H3,(H2,13,14,15). The normalized spacial score (nSPS) is 24.6. The van der Waals surface area contributed by atoms with Gasteiger partial charge in [-0.1, -0.05) is 18.5 Å². The summed E-state index contributed by atoms with van der Waals surface area (Å²) in [6.45, 7) is 4.16. The summed E-state index contributed by atoms with van der Waals surface area (Å²) in [5, 5.41) is 0.397. The Morgan fingerprint density at radius 1 is 1.41 bits per heavy atom. The minimum absolute atomic E-state index is 0.230. The number of hydrogen-bond acceptors (Lipinski definition) is 5. The maximum Gasteiger partial charge on any atom is 0.223 e. The van der Waals surface area contributed by atoms with Crippen molar-refractivity contribution in [3.8, 4) is 0 Å². The first-order valence-electron chi connectivity index (χ1n) is 5.69. The van der Waals surface area contributed by atoms with E-state index in [-0.39, 0.29) is 5.95 Å². The highest BCUT2D eigenvalue weighted by atomic mass is 35.5. The molecule has 17 heavy (non-hydrogen) atoms. The molecule has 2 heterocycles. The second-order valence-electron chi connectivity index (χ2n) is 4.82. The fourth-order valence-corrected chi connectivity index (χ4v) is 2.58. The molecule has 1 aliphatic rings. The lowest BCUT2D eigenvalue weighted by molar-refractivity contribution is 0.266. The SMILES string of the molecule is CC1CN(c2cc(Cl)nc(N)n2)CC1N(C)C. The van der Waals surface area contributed by atoms with Crippen molar-refractivity contribution in [2.75, 3.05) is 37.8 Å². The van der Waals surface area contributed by atoms with E-state index in [1.807, 2.05) is 0 Å². The van der Waals surface area contributed by atoms with Crippen LogP contribution in [0.15, 0.2) is 6.07 Å². The Hall–Kier alpha value is -1.07. The first kappa shape index (κ1) is 12.4. The van der Waals surface area contributed by atoms with Gasteiger partial charge < -0.3 is 15.5 Å². The molecule has 2 atom stereocenters. The molecule has 0 bridgehead atoms. The second-order valence-corrected chi connectivity index (χ2v) is 5.21. The molecule has 0 aliphatic carbocycles. The number of aromatic nitrogens is 2. The van der Waals surface area contributed by atoms with Gasteiger partial charge in [0.25, 0.3) is 0 Å². The molecule has 1 saturated heterocycles. The smallest absolute Gasteiger partial charge is 0.223 e. The topological polar surface area (TPSA) is 58.3 Å². The Bertz CT molecular complexity index is 389. The maximum atomic E-state index is 5.90. The van der Waals surface area contributed by atoms with Gasteiger partial charge in [-0.25, -0.2) is 4.98 Å². The zero-order valence-electron chi connectivity index (χ0n) is 10.4. The summed E-state index contributed by atoms with van der Waals surface area (Å²) in [6.07, 6.45) is 0. The van der Waals surface area contributed by atoms with Crippen LogP contribution in [0.25, 0.3) is 0 Å². The van der Waals surface area contributed by atoms with Gasteiger partial charge >= 0.3 is 0 Å². The fraction of sp³-hybridized carbons (Fsp3) is 0.636. The summed E-state index contributed by atoms with van der Waals surface area (Å²) in [6, 6.07) is 2.30. The van der Waals surface area contributed by atoms with Crippen LogP contribution in [0.4, 0.5) is 11.8 Å². The Morgan fingerprint density at radius 3 is 2.65 bits per heavy atom. The number of likely N-dealkylation sites (N-methyl/N-ethyl adjacent to an activating group) is 1. The first-order chi connectivity index (χ1) is 7.97. The minimum atomic E-state index is 0.230. The third-order valence-electron chi connectivity index (χ3n) is 3.26. The molecule has 94 valence electrons. The molecule has 0 saturated carbocycles. The molecule has 1 aromatic rings. The fourth-order valence-electron chi connectivity index (χ4n) is 2.39. The van der Waals surface area contributed by atoms with E-state index in [0.29, 0.717) is 17.1 Å². The van der Waals surface area contributed by atoms with Gasteiger partial charge in [0, 0.05) is 25.2 Å². The van der Waals surface area contributed by atoms with E-state index in [4.69, 9.17) is 17.3 Å². The van der Waals surface area contributed by atoms with Crippen molar-refractivity contribution < 1.29 is 0 Å². The van der Waals surface area contributed by atoms with Gasteiger partial charge in [-0.05, 0) is 20.0 Å². The van der Waals surface area contributed by atoms with Gasteiger partial charge in [-0.15, -0.1) is 0 Å². The lowest BCUT2D eigenvalue weighted by Gasteiger charge is -2.22. The summed E-state index contributed by atoms with van der Waals surface area (Å²) in [5.41, 5.74) is 5.61. The second kappa shape index (κ2) is 4.66. The molecule has 1 aromatic heterocycles. The molecule has 6 heteroatoms. The number of halogens is 1. The Balaban J connectivity index is 2.19. The third kappa shape index (κ3) is 2.61. The van der Waals surface area contributed by atoms with Crippen LogP contribution in [0.1, 0.15) is 6.92 Å². The first-order valence-corrected chi connectivity index (χ1v) is 6.06. The number of anilines is 2. The average molecular weight is 256 g/mol. The van der Waals surface area contributed by atoms with E-state index >= 15 is 0 Å². The van der Waals surface area contributed by atoms with Crippen LogP contribution in [0.3, 0.4) is 0 Å². The number of nitrogens with two attached hydrogens (primary N) is 1. The van der Waals surface area contributed by atoms with Crippen molar-refractivity contribution in [3.05, 3.63) is 11.2 Å². The quantitative estimate of drug-likeness (QED) is 0.802. The predicted octanol–water partition coefficient (Wildman–Crippen LogP) is 1.10. The maximum absolute atomic E-state index is 5.90. The summed E-state index contributed by atoms with van der Waals surface area (Å²) < 4.78 is 0. The number of nitrogen functional groups attached to an aromatic ring is 1. The van der Waals surface area contributed by atoms with Gasteiger partial charge in [0.05, 0.1) is 0 Å². The number of nitrogens with zero attached hydrogens (tertiary/aromatic N) is 4. The van der Waals surface area contributed by atoms with Crippen molar-refractivity contribution in [3.63, 3.8) is 0 Å². The molecular formula is C11H18ClN5. The highest BCUT2D eigenvalue weighted by Crippen LogP contribution is 2.26. The summed E-state index contributed by atoms with van der Waals surface area (Å²) in [5.74, 6) is 1.65. The molecule has 0 spiro atoms. The molecule has 1 aliphatic heterocycles. The highest BCUT2D eigenvalue weighted by Gasteiger charge is 2.31. The number of rotatable bonds is 2. The lowest BCUT2D eigenvalue weighted by atomic mass is 10.1. The van der Waals surface area contributed by atoms with Crippen LogP contribution in [-0.2, 0) is 0 Å². The van der Waals surface area contributed by atoms with E-state index in [9.17, 15) is 0 Å². The van der Waals surface area contributed by atoms with Gasteiger partial charge in [0.15, 0.2) is 0 Å². The monoisotopic (exact) mass is 255 g/mol. The van der Waals surface area contributed by atoms with Gasteiger partial charge in [-0.2, -0.15) is 4.98 Å². The Morgan fingerprint density at radius 2 is 2.12 bits per heavy atom. The molecule has 2 N–H and O–H groups in total. The largest absolute Gasteiger partial charge is 0.368 e. The third-order valence-corrected chi connectivity index (χ3v) is 3.45. The van der Waals surface area contributed by atoms with Crippen molar-refractivity contribution in [1.29, 1.82) is 0 Å². The lowest BCUT2D eigenvalue weighted by Crippen LogP contribution is -2.34. The van der Waals surface area contributed by atoms with Crippen molar-refractivity contribution >= 4 is 23.4 Å². The van der Waals surface area contributed by atoms with Crippen molar-refractivity contribution in [2.45, 2.75) is 13.0 Å². The van der Waals surface area contributed by atoms with Crippen LogP contribution >= 0.6 is 11.6 Å². The molecular weight excluding hydrogens is 238 g/mol. The highest BCUT2D eigenvalue weighted by molar-refractivity contribution is 6.29. The van der Waals surface area contributed by atoms with E-state index in [0.717, 1.165) is 18.9 Å². The summed E-state index contributed by atoms with van der Waals surface area (Å²) in [7, 11) is 4.21. The van der Waals surface area contributed by atoms with Gasteiger partial charge in [0.2, 0.25) is 5.95 Å². The molecule has 2 unspecified atom stereocenters. The summed E-state index contributed by atoms with van der Waals surface area (Å²) in [4.78, 5) is 12.6. The van der Waals surface area contributed by atoms with E-state index < -0.39 is 0 Å². The molecule has 0 radical (unpaired) electrons. The minimum Gasteiger partial charge on any atom is -0.368 e. The van der Waals surface area contributed by atoms with E-state index in [1.54, 1.807) is 6.07 Å². The van der Waals surface area contributed by atoms with Crippen LogP contribution in [-0.4, -0.2) is 48.1 Å². The van der Waals surface area contributed by atoms with Gasteiger partial charge in [0.1, 0.15) is 11.0 Å². The zero-order chi connectivity index (χ0) is 12.6. The molecule has 0 amide bonds. The number of hydrogen-bond donors (Lipinski definition) is 1. The summed E-state index contributed by atoms with van der Waals surface area (Å²) >= 11 is 5.90. The zero-order valence-corrected chi connectivity index (χ0v) is 11.1. The predicted molar refractivity (Wildman–Crippen MR) is 70.3 cm³/mol. The Kier molecular flexibility index (Phi) is 3.40. The molecule has 5 nitrogen and oxygen atoms in total. The van der Waals surface area contributed by atoms with Crippen LogP contribution in [0.2, 0.25) is 5.15 Å². The Labute approximate surface area is 107 Å².